The minimum absolute atomic E-state index is 0. The van der Waals surface area contributed by atoms with E-state index in [4.69, 9.17) is 0 Å². The average molecular weight is 186 g/mol. The van der Waals surface area contributed by atoms with E-state index in [1.165, 1.54) is 0 Å². The predicted molar refractivity (Wildman–Crippen MR) is 30.6 cm³/mol. The second-order valence-corrected chi connectivity index (χ2v) is 2.18. The van der Waals surface area contributed by atoms with Gasteiger partial charge in [0.15, 0.2) is 0 Å². The fourth-order valence-electron chi connectivity index (χ4n) is 0.787. The van der Waals surface area contributed by atoms with Crippen LogP contribution in [-0.2, 0) is 32.7 Å². The monoisotopic (exact) mass is 186 g/mol. The topological polar surface area (TPSA) is 12.0 Å². The number of rotatable bonds is 0. The summed E-state index contributed by atoms with van der Waals surface area (Å²) in [5.41, 5.74) is 0. The van der Waals surface area contributed by atoms with Crippen molar-refractivity contribution in [2.24, 2.45) is 11.8 Å². The fourth-order valence-corrected chi connectivity index (χ4v) is 0.787. The Bertz CT molecular complexity index is 57.5. The average Bonchev–Trinajstić information content (AvgIpc) is 1.91. The van der Waals surface area contributed by atoms with Crippen molar-refractivity contribution in [3.05, 3.63) is 13.8 Å². The van der Waals surface area contributed by atoms with Gasteiger partial charge in [-0.15, -0.1) is 0 Å². The van der Waals surface area contributed by atoms with Gasteiger partial charge in [0.2, 0.25) is 0 Å². The molecule has 0 aromatic carbocycles. The van der Waals surface area contributed by atoms with Gasteiger partial charge in [0, 0.05) is 32.7 Å². The molecule has 0 aromatic heterocycles. The molecule has 8 heavy (non-hydrogen) atoms. The number of hydrogen-bond acceptors (Lipinski definition) is 1. The van der Waals surface area contributed by atoms with E-state index in [0.29, 0.717) is 11.8 Å². The SMILES string of the molecule is [CH2-]C1CNCC1[CH2-].[Y]. The van der Waals surface area contributed by atoms with E-state index in [1.54, 1.807) is 0 Å². The molecule has 1 saturated heterocycles. The van der Waals surface area contributed by atoms with Crippen molar-refractivity contribution in [3.8, 4) is 0 Å². The molecule has 45 valence electrons. The summed E-state index contributed by atoms with van der Waals surface area (Å²) >= 11 is 0. The molecule has 0 amide bonds. The number of nitrogens with one attached hydrogen (secondary N) is 1. The van der Waals surface area contributed by atoms with Crippen LogP contribution in [0.15, 0.2) is 0 Å². The molecule has 0 saturated carbocycles. The summed E-state index contributed by atoms with van der Waals surface area (Å²) in [7, 11) is 0. The van der Waals surface area contributed by atoms with Gasteiger partial charge >= 0.3 is 0 Å². The van der Waals surface area contributed by atoms with E-state index in [2.05, 4.69) is 19.2 Å². The molecule has 1 N–H and O–H groups in total. The Morgan fingerprint density at radius 2 is 1.50 bits per heavy atom. The summed E-state index contributed by atoms with van der Waals surface area (Å²) in [6.45, 7) is 9.89. The molecular weight excluding hydrogens is 175 g/mol. The largest absolute Gasteiger partial charge is 0.341 e. The van der Waals surface area contributed by atoms with Gasteiger partial charge in [-0.1, -0.05) is 0 Å². The molecule has 0 spiro atoms. The first kappa shape index (κ1) is 9.06. The molecule has 1 nitrogen and oxygen atoms in total. The van der Waals surface area contributed by atoms with Crippen molar-refractivity contribution in [3.63, 3.8) is 0 Å². The normalized spacial score (nSPS) is 36.8. The van der Waals surface area contributed by atoms with Crippen molar-refractivity contribution >= 4 is 0 Å². The molecule has 1 radical (unpaired) electrons. The second-order valence-electron chi connectivity index (χ2n) is 2.18. The van der Waals surface area contributed by atoms with Gasteiger partial charge in [0.25, 0.3) is 0 Å². The maximum atomic E-state index is 3.89. The first-order chi connectivity index (χ1) is 3.30. The Morgan fingerprint density at radius 1 is 1.12 bits per heavy atom. The molecule has 1 aliphatic rings. The van der Waals surface area contributed by atoms with Gasteiger partial charge in [-0.2, -0.15) is 11.8 Å². The fraction of sp³-hybridized carbons (Fsp3) is 0.667. The Balaban J connectivity index is 0.000000490. The summed E-state index contributed by atoms with van der Waals surface area (Å²) in [6, 6.07) is 0. The van der Waals surface area contributed by atoms with Gasteiger partial charge in [0.05, 0.1) is 0 Å². The summed E-state index contributed by atoms with van der Waals surface area (Å²) in [5.74, 6) is 1.08. The van der Waals surface area contributed by atoms with Crippen molar-refractivity contribution < 1.29 is 32.7 Å². The van der Waals surface area contributed by atoms with Crippen molar-refractivity contribution in [2.75, 3.05) is 13.1 Å². The van der Waals surface area contributed by atoms with Crippen LogP contribution in [0, 0.1) is 25.7 Å². The Hall–Kier alpha value is 1.06. The quantitative estimate of drug-likeness (QED) is 0.543. The molecule has 0 aliphatic carbocycles. The maximum Gasteiger partial charge on any atom is 0 e. The van der Waals surface area contributed by atoms with Gasteiger partial charge in [-0.25, -0.2) is 0 Å². The first-order valence-electron chi connectivity index (χ1n) is 2.67. The van der Waals surface area contributed by atoms with Crippen LogP contribution < -0.4 is 5.32 Å². The van der Waals surface area contributed by atoms with E-state index < -0.39 is 0 Å². The minimum atomic E-state index is 0. The van der Waals surface area contributed by atoms with Crippen LogP contribution in [0.4, 0.5) is 0 Å². The van der Waals surface area contributed by atoms with E-state index in [1.807, 2.05) is 0 Å². The summed E-state index contributed by atoms with van der Waals surface area (Å²) < 4.78 is 0. The predicted octanol–water partition coefficient (Wildman–Crippen LogP) is 0.488. The zero-order valence-corrected chi connectivity index (χ0v) is 7.90. The third-order valence-electron chi connectivity index (χ3n) is 1.48. The number of hydrogen-bond donors (Lipinski definition) is 1. The standard InChI is InChI=1S/C6H11N.Y/c1-5-3-7-4-6(5)2;/h5-7H,1-4H2;/q-2;. The molecule has 1 aliphatic heterocycles. The van der Waals surface area contributed by atoms with Gasteiger partial charge < -0.3 is 19.2 Å². The smallest absolute Gasteiger partial charge is 0 e. The van der Waals surface area contributed by atoms with Crippen LogP contribution >= 0.6 is 0 Å². The van der Waals surface area contributed by atoms with E-state index in [9.17, 15) is 0 Å². The molecule has 2 atom stereocenters. The first-order valence-corrected chi connectivity index (χ1v) is 2.67. The van der Waals surface area contributed by atoms with E-state index in [-0.39, 0.29) is 32.7 Å². The van der Waals surface area contributed by atoms with Gasteiger partial charge in [-0.05, 0) is 13.1 Å². The van der Waals surface area contributed by atoms with Crippen LogP contribution in [0.3, 0.4) is 0 Å². The second kappa shape index (κ2) is 3.97. The molecule has 0 aromatic rings. The summed E-state index contributed by atoms with van der Waals surface area (Å²) in [4.78, 5) is 0. The molecule has 1 rings (SSSR count). The molecule has 1 heterocycles. The zero-order valence-electron chi connectivity index (χ0n) is 5.06. The van der Waals surface area contributed by atoms with Crippen molar-refractivity contribution in [1.29, 1.82) is 0 Å². The zero-order chi connectivity index (χ0) is 5.28. The minimum Gasteiger partial charge on any atom is -0.341 e. The maximum absolute atomic E-state index is 3.89. The van der Waals surface area contributed by atoms with Crippen molar-refractivity contribution in [2.45, 2.75) is 0 Å². The molecule has 2 unspecified atom stereocenters. The molecule has 1 fully saturated rings. The molecule has 0 bridgehead atoms. The Labute approximate surface area is 76.5 Å². The third-order valence-corrected chi connectivity index (χ3v) is 1.48. The van der Waals surface area contributed by atoms with Crippen molar-refractivity contribution in [1.82, 2.24) is 5.32 Å². The van der Waals surface area contributed by atoms with E-state index >= 15 is 0 Å². The van der Waals surface area contributed by atoms with E-state index in [0.717, 1.165) is 13.1 Å². The third kappa shape index (κ3) is 2.12. The summed E-state index contributed by atoms with van der Waals surface area (Å²) in [5, 5.41) is 3.20. The molecular formula is C6H11NY-2. The Morgan fingerprint density at radius 3 is 1.62 bits per heavy atom. The van der Waals surface area contributed by atoms with Crippen LogP contribution in [0.2, 0.25) is 0 Å². The Kier molecular flexibility index (Phi) is 4.50. The van der Waals surface area contributed by atoms with Gasteiger partial charge in [0.1, 0.15) is 0 Å². The van der Waals surface area contributed by atoms with Crippen LogP contribution in [0.1, 0.15) is 0 Å². The van der Waals surface area contributed by atoms with Crippen LogP contribution in [-0.4, -0.2) is 13.1 Å². The van der Waals surface area contributed by atoms with Gasteiger partial charge in [-0.3, -0.25) is 0 Å². The molecule has 2 heteroatoms. The summed E-state index contributed by atoms with van der Waals surface area (Å²) in [6.07, 6.45) is 0. The van der Waals surface area contributed by atoms with Crippen LogP contribution in [0.25, 0.3) is 0 Å². The van der Waals surface area contributed by atoms with Crippen LogP contribution in [0.5, 0.6) is 0 Å².